The monoisotopic (exact) mass is 421 g/mol. The fraction of sp³-hybridized carbons (Fsp3) is 0.0870. The molecule has 0 aliphatic carbocycles. The third kappa shape index (κ3) is 5.93. The molecule has 2 amide bonds. The zero-order valence-corrected chi connectivity index (χ0v) is 17.0. The number of nitrogens with one attached hydrogen (secondary N) is 2. The lowest BCUT2D eigenvalue weighted by Crippen LogP contribution is -2.17. The second-order valence-corrected chi connectivity index (χ2v) is 6.68. The minimum atomic E-state index is -0.332. The third-order valence-electron chi connectivity index (χ3n) is 4.06. The molecule has 0 unspecified atom stereocenters. The first kappa shape index (κ1) is 21.1. The first-order valence-corrected chi connectivity index (χ1v) is 9.66. The van der Waals surface area contributed by atoms with Gasteiger partial charge < -0.3 is 10.1 Å². The summed E-state index contributed by atoms with van der Waals surface area (Å²) in [6, 6.07) is 20.5. The molecular formula is C23H20ClN3O3. The summed E-state index contributed by atoms with van der Waals surface area (Å²) in [7, 11) is 0. The highest BCUT2D eigenvalue weighted by Gasteiger charge is 2.07. The molecule has 0 aromatic heterocycles. The number of carbonyl (C=O) groups excluding carboxylic acids is 2. The second kappa shape index (κ2) is 10.2. The van der Waals surface area contributed by atoms with Crippen LogP contribution in [-0.2, 0) is 0 Å². The molecule has 0 heterocycles. The van der Waals surface area contributed by atoms with Crippen LogP contribution >= 0.6 is 11.6 Å². The molecule has 3 aromatic carbocycles. The van der Waals surface area contributed by atoms with Gasteiger partial charge in [-0.2, -0.15) is 5.10 Å². The molecule has 0 aliphatic heterocycles. The summed E-state index contributed by atoms with van der Waals surface area (Å²) >= 11 is 5.85. The van der Waals surface area contributed by atoms with Crippen molar-refractivity contribution < 1.29 is 14.3 Å². The molecule has 0 atom stereocenters. The zero-order chi connectivity index (χ0) is 21.3. The molecule has 7 heteroatoms. The van der Waals surface area contributed by atoms with E-state index in [4.69, 9.17) is 16.3 Å². The largest absolute Gasteiger partial charge is 0.494 e. The maximum absolute atomic E-state index is 12.3. The maximum Gasteiger partial charge on any atom is 0.271 e. The zero-order valence-electron chi connectivity index (χ0n) is 16.3. The van der Waals surface area contributed by atoms with Crippen molar-refractivity contribution in [3.8, 4) is 5.75 Å². The molecule has 2 N–H and O–H groups in total. The Bertz CT molecular complexity index is 1050. The highest BCUT2D eigenvalue weighted by atomic mass is 35.5. The van der Waals surface area contributed by atoms with Crippen molar-refractivity contribution in [1.82, 2.24) is 5.43 Å². The molecule has 0 saturated heterocycles. The van der Waals surface area contributed by atoms with E-state index in [0.717, 1.165) is 5.56 Å². The minimum absolute atomic E-state index is 0.246. The highest BCUT2D eigenvalue weighted by Crippen LogP contribution is 2.14. The number of benzene rings is 3. The number of anilines is 1. The fourth-order valence-electron chi connectivity index (χ4n) is 2.60. The lowest BCUT2D eigenvalue weighted by molar-refractivity contribution is 0.0954. The Balaban J connectivity index is 1.59. The number of carbonyl (C=O) groups is 2. The number of hydrazone groups is 1. The molecule has 3 rings (SSSR count). The van der Waals surface area contributed by atoms with Gasteiger partial charge in [0.2, 0.25) is 0 Å². The molecule has 0 saturated carbocycles. The maximum atomic E-state index is 12.3. The van der Waals surface area contributed by atoms with Crippen molar-refractivity contribution in [2.75, 3.05) is 11.9 Å². The molecule has 6 nitrogen and oxygen atoms in total. The van der Waals surface area contributed by atoms with Gasteiger partial charge in [0, 0.05) is 21.8 Å². The van der Waals surface area contributed by atoms with Crippen LogP contribution in [0.3, 0.4) is 0 Å². The van der Waals surface area contributed by atoms with Crippen molar-refractivity contribution in [3.05, 3.63) is 94.5 Å². The number of ether oxygens (including phenoxy) is 1. The van der Waals surface area contributed by atoms with E-state index >= 15 is 0 Å². The number of hydrogen-bond acceptors (Lipinski definition) is 4. The summed E-state index contributed by atoms with van der Waals surface area (Å²) in [5.41, 5.74) is 4.78. The molecule has 0 spiro atoms. The Morgan fingerprint density at radius 3 is 2.33 bits per heavy atom. The summed E-state index contributed by atoms with van der Waals surface area (Å²) in [6.45, 7) is 2.46. The molecule has 0 bridgehead atoms. The third-order valence-corrected chi connectivity index (χ3v) is 4.31. The van der Waals surface area contributed by atoms with Crippen LogP contribution in [0.2, 0.25) is 5.02 Å². The van der Waals surface area contributed by atoms with Gasteiger partial charge >= 0.3 is 0 Å². The van der Waals surface area contributed by atoms with E-state index in [1.165, 1.54) is 6.21 Å². The van der Waals surface area contributed by atoms with Crippen LogP contribution in [-0.4, -0.2) is 24.6 Å². The Kier molecular flexibility index (Phi) is 7.19. The first-order valence-electron chi connectivity index (χ1n) is 9.28. The molecule has 30 heavy (non-hydrogen) atoms. The van der Waals surface area contributed by atoms with Gasteiger partial charge in [0.15, 0.2) is 0 Å². The minimum Gasteiger partial charge on any atom is -0.494 e. The molecule has 0 aliphatic rings. The fourth-order valence-corrected chi connectivity index (χ4v) is 2.73. The Labute approximate surface area is 179 Å². The van der Waals surface area contributed by atoms with Crippen LogP contribution in [0.1, 0.15) is 33.2 Å². The average molecular weight is 422 g/mol. The van der Waals surface area contributed by atoms with E-state index in [0.29, 0.717) is 34.2 Å². The van der Waals surface area contributed by atoms with Crippen molar-refractivity contribution in [2.45, 2.75) is 6.92 Å². The summed E-state index contributed by atoms with van der Waals surface area (Å²) in [5.74, 6) is 0.126. The van der Waals surface area contributed by atoms with Crippen LogP contribution in [0.4, 0.5) is 5.69 Å². The molecule has 0 radical (unpaired) electrons. The van der Waals surface area contributed by atoms with E-state index in [2.05, 4.69) is 15.8 Å². The summed E-state index contributed by atoms with van der Waals surface area (Å²) < 4.78 is 5.35. The van der Waals surface area contributed by atoms with Crippen molar-refractivity contribution >= 4 is 35.3 Å². The average Bonchev–Trinajstić information content (AvgIpc) is 2.75. The number of hydrogen-bond donors (Lipinski definition) is 2. The van der Waals surface area contributed by atoms with Crippen LogP contribution < -0.4 is 15.5 Å². The van der Waals surface area contributed by atoms with Crippen molar-refractivity contribution in [1.29, 1.82) is 0 Å². The number of nitrogens with zero attached hydrogens (tertiary/aromatic N) is 1. The highest BCUT2D eigenvalue weighted by molar-refractivity contribution is 6.30. The number of amides is 2. The molecule has 3 aromatic rings. The summed E-state index contributed by atoms with van der Waals surface area (Å²) in [5, 5.41) is 7.36. The van der Waals surface area contributed by atoms with E-state index in [1.54, 1.807) is 66.7 Å². The van der Waals surface area contributed by atoms with Crippen molar-refractivity contribution in [3.63, 3.8) is 0 Å². The predicted octanol–water partition coefficient (Wildman–Crippen LogP) is 4.75. The normalized spacial score (nSPS) is 10.6. The van der Waals surface area contributed by atoms with E-state index in [-0.39, 0.29) is 11.8 Å². The topological polar surface area (TPSA) is 79.8 Å². The van der Waals surface area contributed by atoms with E-state index < -0.39 is 0 Å². The quantitative estimate of drug-likeness (QED) is 0.426. The molecule has 0 fully saturated rings. The van der Waals surface area contributed by atoms with Gasteiger partial charge in [-0.25, -0.2) is 5.43 Å². The Morgan fingerprint density at radius 2 is 1.63 bits per heavy atom. The lowest BCUT2D eigenvalue weighted by atomic mass is 10.2. The van der Waals surface area contributed by atoms with Gasteiger partial charge in [-0.1, -0.05) is 23.7 Å². The van der Waals surface area contributed by atoms with Gasteiger partial charge in [-0.05, 0) is 73.2 Å². The van der Waals surface area contributed by atoms with Crippen LogP contribution in [0.15, 0.2) is 77.9 Å². The SMILES string of the molecule is CCOc1ccc(C(=O)N/N=C/c2cccc(NC(=O)c3ccc(Cl)cc3)c2)cc1. The summed E-state index contributed by atoms with van der Waals surface area (Å²) in [6.07, 6.45) is 1.50. The smallest absolute Gasteiger partial charge is 0.271 e. The Morgan fingerprint density at radius 1 is 0.967 bits per heavy atom. The molecular weight excluding hydrogens is 402 g/mol. The van der Waals surface area contributed by atoms with Crippen LogP contribution in [0, 0.1) is 0 Å². The van der Waals surface area contributed by atoms with E-state index in [9.17, 15) is 9.59 Å². The van der Waals surface area contributed by atoms with Gasteiger partial charge in [0.25, 0.3) is 11.8 Å². The van der Waals surface area contributed by atoms with Gasteiger partial charge in [0.05, 0.1) is 12.8 Å². The van der Waals surface area contributed by atoms with Crippen LogP contribution in [0.25, 0.3) is 0 Å². The van der Waals surface area contributed by atoms with E-state index in [1.807, 2.05) is 13.0 Å². The van der Waals surface area contributed by atoms with Gasteiger partial charge in [0.1, 0.15) is 5.75 Å². The number of rotatable bonds is 7. The van der Waals surface area contributed by atoms with Gasteiger partial charge in [-0.15, -0.1) is 0 Å². The number of halogens is 1. The Hall–Kier alpha value is -3.64. The lowest BCUT2D eigenvalue weighted by Gasteiger charge is -2.06. The first-order chi connectivity index (χ1) is 14.5. The second-order valence-electron chi connectivity index (χ2n) is 6.24. The predicted molar refractivity (Wildman–Crippen MR) is 119 cm³/mol. The van der Waals surface area contributed by atoms with Gasteiger partial charge in [-0.3, -0.25) is 9.59 Å². The summed E-state index contributed by atoms with van der Waals surface area (Å²) in [4.78, 5) is 24.5. The van der Waals surface area contributed by atoms with Crippen LogP contribution in [0.5, 0.6) is 5.75 Å². The standard InChI is InChI=1S/C23H20ClN3O3/c1-2-30-21-12-8-18(9-13-21)23(29)27-25-15-16-4-3-5-20(14-16)26-22(28)17-6-10-19(24)11-7-17/h3-15H,2H2,1H3,(H,26,28)(H,27,29)/b25-15+. The molecule has 152 valence electrons. The van der Waals surface area contributed by atoms with Crippen molar-refractivity contribution in [2.24, 2.45) is 5.10 Å².